The van der Waals surface area contributed by atoms with E-state index in [1.165, 1.54) is 0 Å². The number of hydrogen-bond acceptors (Lipinski definition) is 4. The summed E-state index contributed by atoms with van der Waals surface area (Å²) in [5, 5.41) is 0.919. The molecule has 0 aromatic heterocycles. The average Bonchev–Trinajstić information content (AvgIpc) is 2.73. The first-order valence-electron chi connectivity index (χ1n) is 9.71. The Bertz CT molecular complexity index is 1040. The summed E-state index contributed by atoms with van der Waals surface area (Å²) in [6, 6.07) is 10.5. The highest BCUT2D eigenvalue weighted by atomic mass is 35.5. The van der Waals surface area contributed by atoms with Crippen molar-refractivity contribution in [1.29, 1.82) is 0 Å². The Morgan fingerprint density at radius 2 is 1.73 bits per heavy atom. The Morgan fingerprint density at radius 3 is 2.40 bits per heavy atom. The van der Waals surface area contributed by atoms with Gasteiger partial charge in [-0.05, 0) is 42.7 Å². The van der Waals surface area contributed by atoms with Crippen molar-refractivity contribution in [3.63, 3.8) is 0 Å². The number of amides is 1. The molecule has 1 aliphatic heterocycles. The molecule has 0 N–H and O–H groups in total. The van der Waals surface area contributed by atoms with Crippen LogP contribution in [0.3, 0.4) is 0 Å². The van der Waals surface area contributed by atoms with E-state index in [4.69, 9.17) is 32.7 Å². The van der Waals surface area contributed by atoms with Crippen molar-refractivity contribution in [3.05, 3.63) is 63.3 Å². The second-order valence-corrected chi connectivity index (χ2v) is 8.11. The molecular weight excluding hydrogens is 425 g/mol. The summed E-state index contributed by atoms with van der Waals surface area (Å²) >= 11 is 12.9. The number of halogens is 2. The highest BCUT2D eigenvalue weighted by Crippen LogP contribution is 2.48. The standard InChI is InChI=1S/C23H21Cl2NO4/c1-29-13-9-10-17(20(11-13)30-2)26-18-7-4-8-19(27)23(18)14(12-21(26)28)22-15(24)5-3-6-16(22)25/h3,5-6,9-11,14H,4,7-8,12H2,1-2H3. The van der Waals surface area contributed by atoms with Gasteiger partial charge in [-0.25, -0.2) is 0 Å². The summed E-state index contributed by atoms with van der Waals surface area (Å²) in [5.74, 6) is 0.564. The fourth-order valence-electron chi connectivity index (χ4n) is 4.33. The average molecular weight is 446 g/mol. The lowest BCUT2D eigenvalue weighted by molar-refractivity contribution is -0.119. The molecule has 2 aliphatic rings. The van der Waals surface area contributed by atoms with Gasteiger partial charge in [0.15, 0.2) is 5.78 Å². The molecule has 0 radical (unpaired) electrons. The first-order chi connectivity index (χ1) is 14.5. The predicted molar refractivity (Wildman–Crippen MR) is 117 cm³/mol. The Kier molecular flexibility index (Phi) is 5.76. The van der Waals surface area contributed by atoms with E-state index in [1.807, 2.05) is 0 Å². The third kappa shape index (κ3) is 3.46. The summed E-state index contributed by atoms with van der Waals surface area (Å²) in [6.07, 6.45) is 1.84. The number of rotatable bonds is 4. The number of benzene rings is 2. The molecule has 0 fully saturated rings. The van der Waals surface area contributed by atoms with E-state index in [0.29, 0.717) is 63.3 Å². The summed E-state index contributed by atoms with van der Waals surface area (Å²) in [7, 11) is 3.11. The first kappa shape index (κ1) is 20.8. The zero-order valence-electron chi connectivity index (χ0n) is 16.7. The number of nitrogens with zero attached hydrogens (tertiary/aromatic N) is 1. The molecule has 0 saturated carbocycles. The van der Waals surface area contributed by atoms with Crippen LogP contribution in [-0.4, -0.2) is 25.9 Å². The van der Waals surface area contributed by atoms with Gasteiger partial charge in [0.25, 0.3) is 0 Å². The predicted octanol–water partition coefficient (Wildman–Crippen LogP) is 5.54. The third-order valence-electron chi connectivity index (χ3n) is 5.65. The fraction of sp³-hybridized carbons (Fsp3) is 0.304. The van der Waals surface area contributed by atoms with Gasteiger partial charge in [0.05, 0.1) is 19.9 Å². The third-order valence-corrected chi connectivity index (χ3v) is 6.31. The summed E-state index contributed by atoms with van der Waals surface area (Å²) in [5.41, 5.74) is 2.55. The topological polar surface area (TPSA) is 55.8 Å². The van der Waals surface area contributed by atoms with Crippen LogP contribution in [-0.2, 0) is 9.59 Å². The lowest BCUT2D eigenvalue weighted by Gasteiger charge is -2.39. The normalized spacial score (nSPS) is 19.1. The molecule has 1 aliphatic carbocycles. The Morgan fingerprint density at radius 1 is 1.00 bits per heavy atom. The molecule has 0 bridgehead atoms. The number of ketones is 1. The molecule has 1 atom stereocenters. The molecule has 0 saturated heterocycles. The van der Waals surface area contributed by atoms with Crippen molar-refractivity contribution in [1.82, 2.24) is 0 Å². The van der Waals surface area contributed by atoms with E-state index in [9.17, 15) is 9.59 Å². The summed E-state index contributed by atoms with van der Waals surface area (Å²) in [4.78, 5) is 28.0. The molecule has 156 valence electrons. The number of allylic oxidation sites excluding steroid dienone is 2. The maximum absolute atomic E-state index is 13.4. The molecule has 1 unspecified atom stereocenters. The second kappa shape index (κ2) is 8.32. The minimum atomic E-state index is -0.456. The van der Waals surface area contributed by atoms with Crippen LogP contribution in [0.5, 0.6) is 11.5 Å². The van der Waals surface area contributed by atoms with Crippen molar-refractivity contribution < 1.29 is 19.1 Å². The Balaban J connectivity index is 1.91. The van der Waals surface area contributed by atoms with Crippen LogP contribution in [0.4, 0.5) is 5.69 Å². The van der Waals surface area contributed by atoms with E-state index in [2.05, 4.69) is 0 Å². The van der Waals surface area contributed by atoms with Gasteiger partial charge in [-0.3, -0.25) is 14.5 Å². The number of ether oxygens (including phenoxy) is 2. The zero-order chi connectivity index (χ0) is 21.4. The molecular formula is C23H21Cl2NO4. The van der Waals surface area contributed by atoms with Gasteiger partial charge in [0.1, 0.15) is 11.5 Å². The maximum atomic E-state index is 13.4. The molecule has 7 heteroatoms. The number of hydrogen-bond donors (Lipinski definition) is 0. The summed E-state index contributed by atoms with van der Waals surface area (Å²) in [6.45, 7) is 0. The van der Waals surface area contributed by atoms with Crippen LogP contribution < -0.4 is 14.4 Å². The lowest BCUT2D eigenvalue weighted by Crippen LogP contribution is -2.40. The highest BCUT2D eigenvalue weighted by molar-refractivity contribution is 6.36. The van der Waals surface area contributed by atoms with E-state index in [0.717, 1.165) is 0 Å². The van der Waals surface area contributed by atoms with Gasteiger partial charge >= 0.3 is 0 Å². The van der Waals surface area contributed by atoms with Crippen molar-refractivity contribution in [3.8, 4) is 11.5 Å². The number of anilines is 1. The fourth-order valence-corrected chi connectivity index (χ4v) is 4.99. The number of carbonyl (C=O) groups is 2. The molecule has 4 rings (SSSR count). The molecule has 1 heterocycles. The van der Waals surface area contributed by atoms with Crippen LogP contribution in [0.25, 0.3) is 0 Å². The SMILES string of the molecule is COc1ccc(N2C(=O)CC(c3c(Cl)cccc3Cl)C3=C2CCCC3=O)c(OC)c1. The number of carbonyl (C=O) groups excluding carboxylic acids is 2. The highest BCUT2D eigenvalue weighted by Gasteiger charge is 2.41. The lowest BCUT2D eigenvalue weighted by atomic mass is 9.77. The van der Waals surface area contributed by atoms with E-state index >= 15 is 0 Å². The van der Waals surface area contributed by atoms with Crippen molar-refractivity contribution in [2.45, 2.75) is 31.6 Å². The van der Waals surface area contributed by atoms with E-state index in [-0.39, 0.29) is 18.1 Å². The molecule has 1 amide bonds. The van der Waals surface area contributed by atoms with Crippen LogP contribution in [0, 0.1) is 0 Å². The van der Waals surface area contributed by atoms with Crippen molar-refractivity contribution >= 4 is 40.6 Å². The molecule has 30 heavy (non-hydrogen) atoms. The van der Waals surface area contributed by atoms with Gasteiger partial charge in [-0.15, -0.1) is 0 Å². The quantitative estimate of drug-likeness (QED) is 0.619. The maximum Gasteiger partial charge on any atom is 0.232 e. The monoisotopic (exact) mass is 445 g/mol. The van der Waals surface area contributed by atoms with Crippen LogP contribution in [0.15, 0.2) is 47.7 Å². The number of Topliss-reactive ketones (excluding diaryl/α,β-unsaturated/α-hetero) is 1. The van der Waals surface area contributed by atoms with E-state index < -0.39 is 5.92 Å². The van der Waals surface area contributed by atoms with Crippen molar-refractivity contribution in [2.24, 2.45) is 0 Å². The Hall–Kier alpha value is -2.50. The first-order valence-corrected chi connectivity index (χ1v) is 10.5. The zero-order valence-corrected chi connectivity index (χ0v) is 18.2. The van der Waals surface area contributed by atoms with Crippen LogP contribution in [0.1, 0.15) is 37.2 Å². The minimum absolute atomic E-state index is 0.0298. The van der Waals surface area contributed by atoms with Crippen molar-refractivity contribution in [2.75, 3.05) is 19.1 Å². The largest absolute Gasteiger partial charge is 0.497 e. The van der Waals surface area contributed by atoms with Gasteiger partial charge in [-0.2, -0.15) is 0 Å². The van der Waals surface area contributed by atoms with Crippen LogP contribution >= 0.6 is 23.2 Å². The van der Waals surface area contributed by atoms with E-state index in [1.54, 1.807) is 55.5 Å². The minimum Gasteiger partial charge on any atom is -0.497 e. The van der Waals surface area contributed by atoms with Crippen LogP contribution in [0.2, 0.25) is 10.0 Å². The smallest absolute Gasteiger partial charge is 0.232 e. The molecule has 5 nitrogen and oxygen atoms in total. The molecule has 2 aromatic rings. The van der Waals surface area contributed by atoms with Gasteiger partial charge in [-0.1, -0.05) is 29.3 Å². The van der Waals surface area contributed by atoms with Gasteiger partial charge in [0, 0.05) is 46.1 Å². The van der Waals surface area contributed by atoms with Gasteiger partial charge < -0.3 is 9.47 Å². The van der Waals surface area contributed by atoms with Gasteiger partial charge in [0.2, 0.25) is 5.91 Å². The molecule has 0 spiro atoms. The Labute approximate surface area is 185 Å². The second-order valence-electron chi connectivity index (χ2n) is 7.30. The molecule has 2 aromatic carbocycles. The summed E-state index contributed by atoms with van der Waals surface area (Å²) < 4.78 is 10.8. The number of methoxy groups -OCH3 is 2.